The summed E-state index contributed by atoms with van der Waals surface area (Å²) >= 11 is 0. The smallest absolute Gasteiger partial charge is 0.221 e. The van der Waals surface area contributed by atoms with Gasteiger partial charge in [0.15, 0.2) is 0 Å². The van der Waals surface area contributed by atoms with E-state index >= 15 is 0 Å². The number of carbonyl (C=O) groups is 1. The summed E-state index contributed by atoms with van der Waals surface area (Å²) in [6.07, 6.45) is 0.910. The largest absolute Gasteiger partial charge is 0.394 e. The summed E-state index contributed by atoms with van der Waals surface area (Å²) in [5.74, 6) is -0.116. The summed E-state index contributed by atoms with van der Waals surface area (Å²) < 4.78 is 0. The highest BCUT2D eigenvalue weighted by molar-refractivity contribution is 5.76. The molecule has 4 N–H and O–H groups in total. The summed E-state index contributed by atoms with van der Waals surface area (Å²) in [5.41, 5.74) is 6.63. The van der Waals surface area contributed by atoms with Gasteiger partial charge in [0.25, 0.3) is 0 Å². The first-order chi connectivity index (χ1) is 8.11. The predicted octanol–water partition coefficient (Wildman–Crippen LogP) is 0.444. The molecule has 0 bridgehead atoms. The third kappa shape index (κ3) is 5.47. The van der Waals surface area contributed by atoms with Crippen molar-refractivity contribution in [3.05, 3.63) is 35.9 Å². The van der Waals surface area contributed by atoms with Gasteiger partial charge >= 0.3 is 0 Å². The monoisotopic (exact) mass is 236 g/mol. The number of benzene rings is 1. The van der Waals surface area contributed by atoms with Crippen molar-refractivity contribution < 1.29 is 9.90 Å². The van der Waals surface area contributed by atoms with Crippen LogP contribution in [0.15, 0.2) is 30.3 Å². The van der Waals surface area contributed by atoms with Gasteiger partial charge in [0.1, 0.15) is 0 Å². The highest BCUT2D eigenvalue weighted by Crippen LogP contribution is 2.03. The first-order valence-corrected chi connectivity index (χ1v) is 5.81. The van der Waals surface area contributed by atoms with Crippen molar-refractivity contribution in [3.8, 4) is 0 Å². The first-order valence-electron chi connectivity index (χ1n) is 5.81. The predicted molar refractivity (Wildman–Crippen MR) is 67.4 cm³/mol. The Hall–Kier alpha value is -1.39. The lowest BCUT2D eigenvalue weighted by Crippen LogP contribution is -2.41. The van der Waals surface area contributed by atoms with Crippen molar-refractivity contribution >= 4 is 5.91 Å². The maximum atomic E-state index is 11.5. The Morgan fingerprint density at radius 1 is 1.41 bits per heavy atom. The molecule has 0 fully saturated rings. The van der Waals surface area contributed by atoms with E-state index in [-0.39, 0.29) is 31.0 Å². The molecule has 0 aliphatic rings. The fraction of sp³-hybridized carbons (Fsp3) is 0.462. The molecular weight excluding hydrogens is 216 g/mol. The van der Waals surface area contributed by atoms with E-state index in [9.17, 15) is 9.90 Å². The lowest BCUT2D eigenvalue weighted by Gasteiger charge is -2.17. The first kappa shape index (κ1) is 13.7. The van der Waals surface area contributed by atoms with Crippen molar-refractivity contribution in [1.82, 2.24) is 5.32 Å². The van der Waals surface area contributed by atoms with E-state index in [1.165, 1.54) is 0 Å². The van der Waals surface area contributed by atoms with Crippen LogP contribution in [0.2, 0.25) is 0 Å². The van der Waals surface area contributed by atoms with Gasteiger partial charge in [-0.3, -0.25) is 4.79 Å². The van der Waals surface area contributed by atoms with Gasteiger partial charge in [0.05, 0.1) is 12.6 Å². The molecule has 1 rings (SSSR count). The Kier molecular flexibility index (Phi) is 5.66. The molecule has 2 atom stereocenters. The number of hydrogen-bond donors (Lipinski definition) is 3. The summed E-state index contributed by atoms with van der Waals surface area (Å²) in [7, 11) is 0. The highest BCUT2D eigenvalue weighted by Gasteiger charge is 2.12. The summed E-state index contributed by atoms with van der Waals surface area (Å²) in [5, 5.41) is 12.0. The number of rotatable bonds is 6. The van der Waals surface area contributed by atoms with Gasteiger partial charge in [0, 0.05) is 12.5 Å². The Morgan fingerprint density at radius 2 is 2.06 bits per heavy atom. The van der Waals surface area contributed by atoms with Crippen LogP contribution in [-0.4, -0.2) is 29.7 Å². The Labute approximate surface area is 102 Å². The zero-order valence-corrected chi connectivity index (χ0v) is 10.1. The molecule has 1 amide bonds. The SMILES string of the molecule is CC(N)CC(=O)NC(CO)Cc1ccccc1. The zero-order valence-electron chi connectivity index (χ0n) is 10.1. The van der Waals surface area contributed by atoms with Crippen LogP contribution in [0.25, 0.3) is 0 Å². The second kappa shape index (κ2) is 7.04. The van der Waals surface area contributed by atoms with Crippen LogP contribution in [0.3, 0.4) is 0 Å². The van der Waals surface area contributed by atoms with Gasteiger partial charge in [-0.15, -0.1) is 0 Å². The minimum atomic E-state index is -0.247. The molecule has 4 heteroatoms. The second-order valence-corrected chi connectivity index (χ2v) is 4.32. The Morgan fingerprint density at radius 3 is 2.59 bits per heavy atom. The molecule has 1 aromatic rings. The lowest BCUT2D eigenvalue weighted by molar-refractivity contribution is -0.122. The third-order valence-electron chi connectivity index (χ3n) is 2.42. The van der Waals surface area contributed by atoms with E-state index < -0.39 is 0 Å². The normalized spacial score (nSPS) is 14.1. The quantitative estimate of drug-likeness (QED) is 0.671. The van der Waals surface area contributed by atoms with E-state index in [0.717, 1.165) is 5.56 Å². The third-order valence-corrected chi connectivity index (χ3v) is 2.42. The average Bonchev–Trinajstić information content (AvgIpc) is 2.28. The summed E-state index contributed by atoms with van der Waals surface area (Å²) in [4.78, 5) is 11.5. The van der Waals surface area contributed by atoms with Gasteiger partial charge in [0.2, 0.25) is 5.91 Å². The average molecular weight is 236 g/mol. The maximum absolute atomic E-state index is 11.5. The second-order valence-electron chi connectivity index (χ2n) is 4.32. The van der Waals surface area contributed by atoms with Crippen LogP contribution in [-0.2, 0) is 11.2 Å². The minimum Gasteiger partial charge on any atom is -0.394 e. The van der Waals surface area contributed by atoms with Crippen LogP contribution in [0.4, 0.5) is 0 Å². The van der Waals surface area contributed by atoms with Crippen LogP contribution in [0, 0.1) is 0 Å². The van der Waals surface area contributed by atoms with Crippen LogP contribution >= 0.6 is 0 Å². The molecule has 17 heavy (non-hydrogen) atoms. The molecule has 0 saturated heterocycles. The van der Waals surface area contributed by atoms with E-state index in [2.05, 4.69) is 5.32 Å². The highest BCUT2D eigenvalue weighted by atomic mass is 16.3. The number of nitrogens with one attached hydrogen (secondary N) is 1. The number of carbonyl (C=O) groups excluding carboxylic acids is 1. The molecule has 1 aromatic carbocycles. The number of amides is 1. The minimum absolute atomic E-state index is 0.0699. The number of aliphatic hydroxyl groups is 1. The molecule has 94 valence electrons. The molecule has 0 aliphatic heterocycles. The molecule has 0 saturated carbocycles. The number of aliphatic hydroxyl groups excluding tert-OH is 1. The van der Waals surface area contributed by atoms with E-state index in [1.807, 2.05) is 30.3 Å². The van der Waals surface area contributed by atoms with E-state index in [4.69, 9.17) is 5.73 Å². The van der Waals surface area contributed by atoms with Gasteiger partial charge in [-0.25, -0.2) is 0 Å². The van der Waals surface area contributed by atoms with Gasteiger partial charge in [-0.2, -0.15) is 0 Å². The lowest BCUT2D eigenvalue weighted by atomic mass is 10.1. The van der Waals surface area contributed by atoms with E-state index in [1.54, 1.807) is 6.92 Å². The van der Waals surface area contributed by atoms with Crippen LogP contribution in [0.5, 0.6) is 0 Å². The molecule has 0 spiro atoms. The van der Waals surface area contributed by atoms with Gasteiger partial charge in [-0.05, 0) is 18.9 Å². The number of nitrogens with two attached hydrogens (primary N) is 1. The number of hydrogen-bond acceptors (Lipinski definition) is 3. The van der Waals surface area contributed by atoms with Crippen molar-refractivity contribution in [2.45, 2.75) is 31.8 Å². The summed E-state index contributed by atoms with van der Waals surface area (Å²) in [6, 6.07) is 9.35. The van der Waals surface area contributed by atoms with E-state index in [0.29, 0.717) is 6.42 Å². The zero-order chi connectivity index (χ0) is 12.7. The molecular formula is C13H20N2O2. The van der Waals surface area contributed by atoms with Gasteiger partial charge in [-0.1, -0.05) is 30.3 Å². The van der Waals surface area contributed by atoms with Gasteiger partial charge < -0.3 is 16.2 Å². The molecule has 2 unspecified atom stereocenters. The van der Waals surface area contributed by atoms with Crippen LogP contribution < -0.4 is 11.1 Å². The standard InChI is InChI=1S/C13H20N2O2/c1-10(14)7-13(17)15-12(9-16)8-11-5-3-2-4-6-11/h2-6,10,12,16H,7-9,14H2,1H3,(H,15,17). The molecule has 0 aliphatic carbocycles. The van der Waals surface area contributed by atoms with Crippen molar-refractivity contribution in [3.63, 3.8) is 0 Å². The fourth-order valence-electron chi connectivity index (χ4n) is 1.64. The summed E-state index contributed by atoms with van der Waals surface area (Å²) in [6.45, 7) is 1.71. The molecule has 0 radical (unpaired) electrons. The Balaban J connectivity index is 2.46. The van der Waals surface area contributed by atoms with Crippen LogP contribution in [0.1, 0.15) is 18.9 Å². The fourth-order valence-corrected chi connectivity index (χ4v) is 1.64. The van der Waals surface area contributed by atoms with Crippen molar-refractivity contribution in [1.29, 1.82) is 0 Å². The van der Waals surface area contributed by atoms with Crippen molar-refractivity contribution in [2.24, 2.45) is 5.73 Å². The van der Waals surface area contributed by atoms with Crippen molar-refractivity contribution in [2.75, 3.05) is 6.61 Å². The maximum Gasteiger partial charge on any atom is 0.221 e. The topological polar surface area (TPSA) is 75.4 Å². The molecule has 0 heterocycles. The molecule has 0 aromatic heterocycles. The molecule has 4 nitrogen and oxygen atoms in total. The Bertz CT molecular complexity index is 339.